The van der Waals surface area contributed by atoms with E-state index in [-0.39, 0.29) is 0 Å². The van der Waals surface area contributed by atoms with Gasteiger partial charge in [-0.3, -0.25) is 0 Å². The first-order chi connectivity index (χ1) is 10.2. The average Bonchev–Trinajstić information content (AvgIpc) is 2.49. The molecule has 0 aliphatic heterocycles. The molecule has 1 unspecified atom stereocenters. The Bertz CT molecular complexity index is 202. The van der Waals surface area contributed by atoms with Crippen LogP contribution in [0.1, 0.15) is 105 Å². The van der Waals surface area contributed by atoms with Gasteiger partial charge in [0.1, 0.15) is 0 Å². The Morgan fingerprint density at radius 2 is 1.33 bits per heavy atom. The van der Waals surface area contributed by atoms with Crippen molar-refractivity contribution < 1.29 is 0 Å². The Morgan fingerprint density at radius 1 is 0.714 bits per heavy atom. The van der Waals surface area contributed by atoms with Crippen molar-refractivity contribution in [2.45, 2.75) is 111 Å². The molecule has 1 heteroatoms. The topological polar surface area (TPSA) is 12.0 Å². The summed E-state index contributed by atoms with van der Waals surface area (Å²) in [5.41, 5.74) is 0. The monoisotopic (exact) mass is 297 g/mol. The summed E-state index contributed by atoms with van der Waals surface area (Å²) in [6.07, 6.45) is 15.6. The number of hydrogen-bond donors (Lipinski definition) is 1. The highest BCUT2D eigenvalue weighted by Crippen LogP contribution is 2.23. The lowest BCUT2D eigenvalue weighted by molar-refractivity contribution is 0.326. The maximum absolute atomic E-state index is 3.60. The molecule has 0 radical (unpaired) electrons. The third kappa shape index (κ3) is 11.2. The average molecular weight is 298 g/mol. The van der Waals surface area contributed by atoms with Crippen LogP contribution in [-0.4, -0.2) is 12.6 Å². The van der Waals surface area contributed by atoms with E-state index in [9.17, 15) is 0 Å². The Balaban J connectivity index is 3.73. The van der Waals surface area contributed by atoms with Gasteiger partial charge in [0.2, 0.25) is 0 Å². The lowest BCUT2D eigenvalue weighted by atomic mass is 9.89. The van der Waals surface area contributed by atoms with Crippen LogP contribution < -0.4 is 5.32 Å². The lowest BCUT2D eigenvalue weighted by Gasteiger charge is -2.23. The van der Waals surface area contributed by atoms with Crippen LogP contribution in [0.5, 0.6) is 0 Å². The van der Waals surface area contributed by atoms with Crippen LogP contribution in [0.25, 0.3) is 0 Å². The second-order valence-electron chi connectivity index (χ2n) is 6.92. The maximum Gasteiger partial charge on any atom is 0.00667 e. The molecule has 0 saturated carbocycles. The SMILES string of the molecule is CCCCCC[C@H](CC)CCCC[C@H](CC)C(C)NCC. The molecule has 0 aliphatic carbocycles. The molecule has 0 saturated heterocycles. The molecule has 0 bridgehead atoms. The van der Waals surface area contributed by atoms with Gasteiger partial charge in [-0.25, -0.2) is 0 Å². The van der Waals surface area contributed by atoms with Gasteiger partial charge in [-0.1, -0.05) is 91.9 Å². The molecular weight excluding hydrogens is 254 g/mol. The zero-order chi connectivity index (χ0) is 15.9. The van der Waals surface area contributed by atoms with Crippen molar-refractivity contribution >= 4 is 0 Å². The fourth-order valence-corrected chi connectivity index (χ4v) is 3.55. The molecule has 0 aromatic heterocycles. The molecule has 0 fully saturated rings. The second-order valence-corrected chi connectivity index (χ2v) is 6.92. The summed E-state index contributed by atoms with van der Waals surface area (Å²) in [5.74, 6) is 1.86. The summed E-state index contributed by atoms with van der Waals surface area (Å²) in [6.45, 7) is 12.7. The van der Waals surface area contributed by atoms with Crippen LogP contribution in [0.2, 0.25) is 0 Å². The largest absolute Gasteiger partial charge is 0.314 e. The second kappa shape index (κ2) is 14.9. The normalized spacial score (nSPS) is 15.9. The minimum atomic E-state index is 0.691. The summed E-state index contributed by atoms with van der Waals surface area (Å²) in [6, 6.07) is 0.691. The molecule has 1 nitrogen and oxygen atoms in total. The van der Waals surface area contributed by atoms with E-state index in [1.54, 1.807) is 0 Å². The maximum atomic E-state index is 3.60. The Morgan fingerprint density at radius 3 is 1.86 bits per heavy atom. The van der Waals surface area contributed by atoms with E-state index >= 15 is 0 Å². The van der Waals surface area contributed by atoms with E-state index in [1.807, 2.05) is 0 Å². The first kappa shape index (κ1) is 21.0. The molecule has 21 heavy (non-hydrogen) atoms. The molecule has 128 valence electrons. The first-order valence-electron chi connectivity index (χ1n) is 9.92. The molecule has 0 rings (SSSR count). The van der Waals surface area contributed by atoms with Crippen LogP contribution in [0.4, 0.5) is 0 Å². The zero-order valence-electron chi connectivity index (χ0n) is 15.7. The van der Waals surface area contributed by atoms with Crippen molar-refractivity contribution in [1.29, 1.82) is 0 Å². The molecule has 0 aromatic rings. The van der Waals surface area contributed by atoms with Gasteiger partial charge >= 0.3 is 0 Å². The summed E-state index contributed by atoms with van der Waals surface area (Å²) in [4.78, 5) is 0. The molecule has 0 aromatic carbocycles. The third-order valence-electron chi connectivity index (χ3n) is 5.24. The predicted octanol–water partition coefficient (Wildman–Crippen LogP) is 6.57. The quantitative estimate of drug-likeness (QED) is 0.337. The molecular formula is C20H43N. The zero-order valence-corrected chi connectivity index (χ0v) is 15.7. The van der Waals surface area contributed by atoms with E-state index in [0.717, 1.165) is 18.4 Å². The number of rotatable bonds is 15. The Hall–Kier alpha value is -0.0400. The lowest BCUT2D eigenvalue weighted by Crippen LogP contribution is -2.33. The van der Waals surface area contributed by atoms with Crippen molar-refractivity contribution in [1.82, 2.24) is 5.32 Å². The first-order valence-corrected chi connectivity index (χ1v) is 9.92. The highest BCUT2D eigenvalue weighted by Gasteiger charge is 2.14. The minimum Gasteiger partial charge on any atom is -0.314 e. The highest BCUT2D eigenvalue weighted by atomic mass is 14.9. The molecule has 0 heterocycles. The Labute approximate surface area is 135 Å². The molecule has 0 amide bonds. The van der Waals surface area contributed by atoms with Crippen LogP contribution >= 0.6 is 0 Å². The van der Waals surface area contributed by atoms with Crippen molar-refractivity contribution in [3.8, 4) is 0 Å². The molecule has 0 aliphatic rings. The predicted molar refractivity (Wildman–Crippen MR) is 97.9 cm³/mol. The van der Waals surface area contributed by atoms with Crippen LogP contribution in [0.3, 0.4) is 0 Å². The summed E-state index contributed by atoms with van der Waals surface area (Å²) < 4.78 is 0. The van der Waals surface area contributed by atoms with Gasteiger partial charge < -0.3 is 5.32 Å². The Kier molecular flexibility index (Phi) is 14.9. The van der Waals surface area contributed by atoms with Crippen molar-refractivity contribution in [2.75, 3.05) is 6.54 Å². The standard InChI is InChI=1S/C20H43N/c1-6-10-11-12-15-19(7-2)16-13-14-17-20(8-3)18(5)21-9-4/h18-21H,6-17H2,1-5H3/t18?,19-,20-/m0/s1. The van der Waals surface area contributed by atoms with Crippen LogP contribution in [0.15, 0.2) is 0 Å². The minimum absolute atomic E-state index is 0.691. The smallest absolute Gasteiger partial charge is 0.00667 e. The summed E-state index contributed by atoms with van der Waals surface area (Å²) in [5, 5.41) is 3.60. The fourth-order valence-electron chi connectivity index (χ4n) is 3.55. The van der Waals surface area contributed by atoms with Crippen LogP contribution in [0, 0.1) is 11.8 Å². The highest BCUT2D eigenvalue weighted by molar-refractivity contribution is 4.71. The van der Waals surface area contributed by atoms with Crippen molar-refractivity contribution in [3.63, 3.8) is 0 Å². The third-order valence-corrected chi connectivity index (χ3v) is 5.24. The van der Waals surface area contributed by atoms with E-state index in [0.29, 0.717) is 6.04 Å². The number of nitrogens with one attached hydrogen (secondary N) is 1. The number of unbranched alkanes of at least 4 members (excludes halogenated alkanes) is 4. The summed E-state index contributed by atoms with van der Waals surface area (Å²) in [7, 11) is 0. The van der Waals surface area contributed by atoms with Gasteiger partial charge in [0.05, 0.1) is 0 Å². The van der Waals surface area contributed by atoms with Gasteiger partial charge in [-0.2, -0.15) is 0 Å². The molecule has 3 atom stereocenters. The van der Waals surface area contributed by atoms with Gasteiger partial charge in [-0.15, -0.1) is 0 Å². The van der Waals surface area contributed by atoms with Gasteiger partial charge in [0.25, 0.3) is 0 Å². The van der Waals surface area contributed by atoms with Crippen molar-refractivity contribution in [2.24, 2.45) is 11.8 Å². The van der Waals surface area contributed by atoms with E-state index in [4.69, 9.17) is 0 Å². The van der Waals surface area contributed by atoms with Crippen molar-refractivity contribution in [3.05, 3.63) is 0 Å². The molecule has 1 N–H and O–H groups in total. The summed E-state index contributed by atoms with van der Waals surface area (Å²) >= 11 is 0. The van der Waals surface area contributed by atoms with E-state index in [2.05, 4.69) is 39.9 Å². The number of hydrogen-bond acceptors (Lipinski definition) is 1. The van der Waals surface area contributed by atoms with Crippen LogP contribution in [-0.2, 0) is 0 Å². The molecule has 0 spiro atoms. The van der Waals surface area contributed by atoms with Gasteiger partial charge in [0, 0.05) is 6.04 Å². The van der Waals surface area contributed by atoms with Gasteiger partial charge in [-0.05, 0) is 31.7 Å². The fraction of sp³-hybridized carbons (Fsp3) is 1.00. The van der Waals surface area contributed by atoms with E-state index < -0.39 is 0 Å². The van der Waals surface area contributed by atoms with E-state index in [1.165, 1.54) is 70.6 Å². The van der Waals surface area contributed by atoms with Gasteiger partial charge in [0.15, 0.2) is 0 Å².